The van der Waals surface area contributed by atoms with E-state index in [1.807, 2.05) is 46.3 Å². The molecule has 0 bridgehead atoms. The number of rotatable bonds is 4. The Labute approximate surface area is 164 Å². The first-order valence-electron chi connectivity index (χ1n) is 9.66. The maximum absolute atomic E-state index is 12.5. The zero-order chi connectivity index (χ0) is 19.5. The van der Waals surface area contributed by atoms with Crippen LogP contribution in [0.1, 0.15) is 36.3 Å². The summed E-state index contributed by atoms with van der Waals surface area (Å²) in [6, 6.07) is 9.36. The van der Waals surface area contributed by atoms with Gasteiger partial charge in [0, 0.05) is 57.2 Å². The molecule has 2 aliphatic rings. The number of para-hydroxylation sites is 1. The van der Waals surface area contributed by atoms with E-state index in [9.17, 15) is 9.59 Å². The smallest absolute Gasteiger partial charge is 0.260 e. The van der Waals surface area contributed by atoms with E-state index in [2.05, 4.69) is 4.98 Å². The zero-order valence-corrected chi connectivity index (χ0v) is 16.0. The molecule has 2 amide bonds. The normalized spacial score (nSPS) is 18.7. The van der Waals surface area contributed by atoms with E-state index in [4.69, 9.17) is 9.72 Å². The average molecular weight is 380 g/mol. The summed E-state index contributed by atoms with van der Waals surface area (Å²) in [7, 11) is 0. The van der Waals surface area contributed by atoms with E-state index in [1.54, 1.807) is 6.92 Å². The molecule has 2 aliphatic heterocycles. The quantitative estimate of drug-likeness (QED) is 0.808. The van der Waals surface area contributed by atoms with Crippen molar-refractivity contribution in [3.8, 4) is 5.75 Å². The highest BCUT2D eigenvalue weighted by Gasteiger charge is 2.30. The first kappa shape index (κ1) is 18.4. The Morgan fingerprint density at radius 3 is 2.79 bits per heavy atom. The molecule has 2 aromatic rings. The zero-order valence-electron chi connectivity index (χ0n) is 16.0. The van der Waals surface area contributed by atoms with Crippen LogP contribution in [0.25, 0.3) is 0 Å². The Hall–Kier alpha value is -2.96. The number of likely N-dealkylation sites (tertiary alicyclic amines) is 1. The SMILES string of the molecule is CC(=O)N1CCc2nc([C@H]3CCN(C(=O)COc4ccccc4)C3)ncc2C1. The summed E-state index contributed by atoms with van der Waals surface area (Å²) in [4.78, 5) is 37.0. The molecule has 3 heterocycles. The molecular formula is C21H24N4O3. The van der Waals surface area contributed by atoms with Crippen LogP contribution in [0.3, 0.4) is 0 Å². The van der Waals surface area contributed by atoms with E-state index in [0.29, 0.717) is 31.9 Å². The molecule has 1 fully saturated rings. The van der Waals surface area contributed by atoms with Crippen molar-refractivity contribution in [2.45, 2.75) is 32.2 Å². The minimum atomic E-state index is -0.0126. The fourth-order valence-electron chi connectivity index (χ4n) is 3.75. The lowest BCUT2D eigenvalue weighted by Gasteiger charge is -2.27. The minimum absolute atomic E-state index is 0.0126. The van der Waals surface area contributed by atoms with Crippen molar-refractivity contribution >= 4 is 11.8 Å². The van der Waals surface area contributed by atoms with Gasteiger partial charge in [-0.2, -0.15) is 0 Å². The fraction of sp³-hybridized carbons (Fsp3) is 0.429. The Morgan fingerprint density at radius 2 is 2.00 bits per heavy atom. The van der Waals surface area contributed by atoms with E-state index in [1.165, 1.54) is 0 Å². The van der Waals surface area contributed by atoms with Crippen LogP contribution in [0, 0.1) is 0 Å². The number of carbonyl (C=O) groups is 2. The van der Waals surface area contributed by atoms with Gasteiger partial charge in [0.1, 0.15) is 11.6 Å². The molecule has 0 aliphatic carbocycles. The van der Waals surface area contributed by atoms with Gasteiger partial charge < -0.3 is 14.5 Å². The number of amides is 2. The van der Waals surface area contributed by atoms with Crippen LogP contribution in [-0.2, 0) is 22.6 Å². The van der Waals surface area contributed by atoms with Gasteiger partial charge in [0.2, 0.25) is 5.91 Å². The van der Waals surface area contributed by atoms with Crippen LogP contribution >= 0.6 is 0 Å². The highest BCUT2D eigenvalue weighted by atomic mass is 16.5. The van der Waals surface area contributed by atoms with Gasteiger partial charge in [0.25, 0.3) is 5.91 Å². The summed E-state index contributed by atoms with van der Waals surface area (Å²) in [5.74, 6) is 1.72. The van der Waals surface area contributed by atoms with E-state index in [0.717, 1.165) is 29.9 Å². The third kappa shape index (κ3) is 3.98. The summed E-state index contributed by atoms with van der Waals surface area (Å²) in [6.45, 7) is 4.23. The van der Waals surface area contributed by atoms with Gasteiger partial charge in [-0.3, -0.25) is 9.59 Å². The number of nitrogens with zero attached hydrogens (tertiary/aromatic N) is 4. The molecule has 1 atom stereocenters. The predicted molar refractivity (Wildman–Crippen MR) is 103 cm³/mol. The van der Waals surface area contributed by atoms with Crippen LogP contribution in [0.5, 0.6) is 5.75 Å². The third-order valence-electron chi connectivity index (χ3n) is 5.41. The lowest BCUT2D eigenvalue weighted by atomic mass is 10.0. The molecule has 7 heteroatoms. The molecule has 0 N–H and O–H groups in total. The number of hydrogen-bond acceptors (Lipinski definition) is 5. The minimum Gasteiger partial charge on any atom is -0.484 e. The van der Waals surface area contributed by atoms with Gasteiger partial charge in [0.15, 0.2) is 6.61 Å². The fourth-order valence-corrected chi connectivity index (χ4v) is 3.75. The monoisotopic (exact) mass is 380 g/mol. The van der Waals surface area contributed by atoms with E-state index < -0.39 is 0 Å². The Bertz CT molecular complexity index is 871. The van der Waals surface area contributed by atoms with Crippen LogP contribution in [0.2, 0.25) is 0 Å². The maximum atomic E-state index is 12.5. The summed E-state index contributed by atoms with van der Waals surface area (Å²) in [6.07, 6.45) is 3.45. The van der Waals surface area contributed by atoms with Crippen molar-refractivity contribution in [1.29, 1.82) is 0 Å². The second kappa shape index (κ2) is 7.96. The maximum Gasteiger partial charge on any atom is 0.260 e. The molecule has 28 heavy (non-hydrogen) atoms. The van der Waals surface area contributed by atoms with Crippen LogP contribution in [0.15, 0.2) is 36.5 Å². The number of hydrogen-bond donors (Lipinski definition) is 0. The van der Waals surface area contributed by atoms with Crippen molar-refractivity contribution in [2.75, 3.05) is 26.2 Å². The molecule has 1 aromatic heterocycles. The Balaban J connectivity index is 1.35. The predicted octanol–water partition coefficient (Wildman–Crippen LogP) is 1.78. The lowest BCUT2D eigenvalue weighted by molar-refractivity contribution is -0.132. The third-order valence-corrected chi connectivity index (χ3v) is 5.41. The van der Waals surface area contributed by atoms with Crippen LogP contribution in [-0.4, -0.2) is 57.8 Å². The van der Waals surface area contributed by atoms with Crippen molar-refractivity contribution in [3.63, 3.8) is 0 Å². The number of ether oxygens (including phenoxy) is 1. The van der Waals surface area contributed by atoms with Gasteiger partial charge in [-0.15, -0.1) is 0 Å². The summed E-state index contributed by atoms with van der Waals surface area (Å²) < 4.78 is 5.57. The summed E-state index contributed by atoms with van der Waals surface area (Å²) >= 11 is 0. The second-order valence-corrected chi connectivity index (χ2v) is 7.32. The topological polar surface area (TPSA) is 75.6 Å². The largest absolute Gasteiger partial charge is 0.484 e. The number of fused-ring (bicyclic) bond motifs is 1. The molecule has 0 radical (unpaired) electrons. The first-order valence-corrected chi connectivity index (χ1v) is 9.66. The lowest BCUT2D eigenvalue weighted by Crippen LogP contribution is -2.35. The molecule has 4 rings (SSSR count). The second-order valence-electron chi connectivity index (χ2n) is 7.32. The number of benzene rings is 1. The highest BCUT2D eigenvalue weighted by molar-refractivity contribution is 5.78. The first-order chi connectivity index (χ1) is 13.6. The molecule has 0 saturated carbocycles. The van der Waals surface area contributed by atoms with Gasteiger partial charge in [-0.1, -0.05) is 18.2 Å². The summed E-state index contributed by atoms with van der Waals surface area (Å²) in [5, 5.41) is 0. The molecule has 0 unspecified atom stereocenters. The van der Waals surface area contributed by atoms with E-state index in [-0.39, 0.29) is 24.3 Å². The van der Waals surface area contributed by atoms with Gasteiger partial charge >= 0.3 is 0 Å². The van der Waals surface area contributed by atoms with Crippen LogP contribution < -0.4 is 4.74 Å². The van der Waals surface area contributed by atoms with Gasteiger partial charge in [-0.25, -0.2) is 9.97 Å². The van der Waals surface area contributed by atoms with Crippen molar-refractivity contribution in [2.24, 2.45) is 0 Å². The molecule has 1 aromatic carbocycles. The van der Waals surface area contributed by atoms with Gasteiger partial charge in [0.05, 0.1) is 5.69 Å². The molecule has 1 saturated heterocycles. The Kier molecular flexibility index (Phi) is 5.23. The van der Waals surface area contributed by atoms with E-state index >= 15 is 0 Å². The highest BCUT2D eigenvalue weighted by Crippen LogP contribution is 2.26. The average Bonchev–Trinajstić information content (AvgIpc) is 3.22. The summed E-state index contributed by atoms with van der Waals surface area (Å²) in [5.41, 5.74) is 2.05. The number of aromatic nitrogens is 2. The van der Waals surface area contributed by atoms with Crippen molar-refractivity contribution < 1.29 is 14.3 Å². The van der Waals surface area contributed by atoms with Crippen molar-refractivity contribution in [3.05, 3.63) is 53.6 Å². The van der Waals surface area contributed by atoms with Crippen LogP contribution in [0.4, 0.5) is 0 Å². The Morgan fingerprint density at radius 1 is 1.18 bits per heavy atom. The molecular weight excluding hydrogens is 356 g/mol. The van der Waals surface area contributed by atoms with Gasteiger partial charge in [-0.05, 0) is 18.6 Å². The molecule has 146 valence electrons. The molecule has 7 nitrogen and oxygen atoms in total. The van der Waals surface area contributed by atoms with Crippen molar-refractivity contribution in [1.82, 2.24) is 19.8 Å². The molecule has 0 spiro atoms. The standard InChI is InChI=1S/C21H24N4O3/c1-15(26)24-10-8-19-17(13-24)11-22-21(23-19)16-7-9-25(12-16)20(27)14-28-18-5-3-2-4-6-18/h2-6,11,16H,7-10,12-14H2,1H3/t16-/m0/s1. The number of carbonyl (C=O) groups excluding carboxylic acids is 2.